The van der Waals surface area contributed by atoms with E-state index in [-0.39, 0.29) is 11.7 Å². The van der Waals surface area contributed by atoms with Crippen LogP contribution < -0.4 is 19.5 Å². The number of anilines is 1. The van der Waals surface area contributed by atoms with Gasteiger partial charge in [0.15, 0.2) is 11.5 Å². The van der Waals surface area contributed by atoms with E-state index < -0.39 is 5.41 Å². The highest BCUT2D eigenvalue weighted by atomic mass is 19.1. The van der Waals surface area contributed by atoms with Crippen LogP contribution in [-0.4, -0.2) is 79.2 Å². The predicted molar refractivity (Wildman–Crippen MR) is 172 cm³/mol. The molecule has 1 atom stereocenters. The number of rotatable bonds is 12. The summed E-state index contributed by atoms with van der Waals surface area (Å²) in [7, 11) is 4.76. The molecule has 2 aliphatic heterocycles. The SMILES string of the molecule is COc1cc(CN2CCC(CCN3CCC(Nc4nc5ccccc5[nH]4)CC3)(Cc3ccc(F)cc3)C2=O)cc(OC)c1OC. The van der Waals surface area contributed by atoms with E-state index in [1.54, 1.807) is 33.5 Å². The molecule has 2 N–H and O–H groups in total. The van der Waals surface area contributed by atoms with Gasteiger partial charge in [-0.05, 0) is 86.2 Å². The molecule has 6 rings (SSSR count). The number of hydrogen-bond donors (Lipinski definition) is 2. The molecule has 238 valence electrons. The number of methoxy groups -OCH3 is 3. The Morgan fingerprint density at radius 1 is 0.956 bits per heavy atom. The van der Waals surface area contributed by atoms with E-state index in [1.165, 1.54) is 12.1 Å². The number of likely N-dealkylation sites (tertiary alicyclic amines) is 2. The second-order valence-corrected chi connectivity index (χ2v) is 12.2. The van der Waals surface area contributed by atoms with Crippen LogP contribution in [0.2, 0.25) is 0 Å². The summed E-state index contributed by atoms with van der Waals surface area (Å²) in [6, 6.07) is 18.8. The van der Waals surface area contributed by atoms with E-state index in [9.17, 15) is 9.18 Å². The number of fused-ring (bicyclic) bond motifs is 1. The number of amides is 1. The van der Waals surface area contributed by atoms with Gasteiger partial charge in [-0.15, -0.1) is 0 Å². The van der Waals surface area contributed by atoms with Gasteiger partial charge in [-0.3, -0.25) is 4.79 Å². The van der Waals surface area contributed by atoms with Crippen LogP contribution in [0.5, 0.6) is 17.2 Å². The van der Waals surface area contributed by atoms with Crippen LogP contribution >= 0.6 is 0 Å². The van der Waals surface area contributed by atoms with E-state index in [4.69, 9.17) is 14.2 Å². The molecule has 2 aliphatic rings. The van der Waals surface area contributed by atoms with E-state index >= 15 is 0 Å². The first-order chi connectivity index (χ1) is 21.9. The summed E-state index contributed by atoms with van der Waals surface area (Å²) in [6.07, 6.45) is 4.09. The van der Waals surface area contributed by atoms with Crippen molar-refractivity contribution in [2.75, 3.05) is 52.8 Å². The Balaban J connectivity index is 1.12. The minimum Gasteiger partial charge on any atom is -0.493 e. The maximum atomic E-state index is 14.3. The minimum atomic E-state index is -0.554. The lowest BCUT2D eigenvalue weighted by atomic mass is 9.77. The number of benzene rings is 3. The van der Waals surface area contributed by atoms with E-state index in [1.807, 2.05) is 41.3 Å². The summed E-state index contributed by atoms with van der Waals surface area (Å²) in [4.78, 5) is 26.7. The summed E-state index contributed by atoms with van der Waals surface area (Å²) in [5, 5.41) is 3.58. The van der Waals surface area contributed by atoms with Crippen LogP contribution in [-0.2, 0) is 17.8 Å². The number of H-pyrrole nitrogens is 1. The highest BCUT2D eigenvalue weighted by Gasteiger charge is 2.46. The summed E-state index contributed by atoms with van der Waals surface area (Å²) < 4.78 is 30.3. The number of nitrogens with one attached hydrogen (secondary N) is 2. The largest absolute Gasteiger partial charge is 0.493 e. The number of carbonyl (C=O) groups excluding carboxylic acids is 1. The van der Waals surface area contributed by atoms with Gasteiger partial charge in [-0.1, -0.05) is 24.3 Å². The summed E-state index contributed by atoms with van der Waals surface area (Å²) in [5.74, 6) is 2.34. The number of nitrogens with zero attached hydrogens (tertiary/aromatic N) is 3. The number of imidazole rings is 1. The van der Waals surface area contributed by atoms with Gasteiger partial charge in [0.2, 0.25) is 17.6 Å². The molecule has 2 saturated heterocycles. The van der Waals surface area contributed by atoms with Crippen LogP contribution in [0.15, 0.2) is 60.7 Å². The van der Waals surface area contributed by atoms with Crippen molar-refractivity contribution < 1.29 is 23.4 Å². The molecule has 3 heterocycles. The van der Waals surface area contributed by atoms with Gasteiger partial charge in [0.05, 0.1) is 37.8 Å². The number of ether oxygens (including phenoxy) is 3. The van der Waals surface area contributed by atoms with Crippen molar-refractivity contribution >= 4 is 22.9 Å². The molecule has 0 spiro atoms. The number of hydrogen-bond acceptors (Lipinski definition) is 7. The molecule has 4 aromatic rings. The molecule has 0 bridgehead atoms. The zero-order valence-electron chi connectivity index (χ0n) is 26.3. The molecule has 9 nitrogen and oxygen atoms in total. The summed E-state index contributed by atoms with van der Waals surface area (Å²) in [5.41, 5.74) is 3.33. The van der Waals surface area contributed by atoms with Crippen molar-refractivity contribution in [2.45, 2.75) is 44.7 Å². The maximum Gasteiger partial charge on any atom is 0.229 e. The van der Waals surface area contributed by atoms with E-state index in [0.29, 0.717) is 42.8 Å². The van der Waals surface area contributed by atoms with Crippen LogP contribution in [0.25, 0.3) is 11.0 Å². The topological polar surface area (TPSA) is 92.0 Å². The van der Waals surface area contributed by atoms with Crippen molar-refractivity contribution in [1.29, 1.82) is 0 Å². The number of carbonyl (C=O) groups is 1. The van der Waals surface area contributed by atoms with Crippen LogP contribution in [0.4, 0.5) is 10.3 Å². The Labute approximate surface area is 263 Å². The number of halogens is 1. The minimum absolute atomic E-state index is 0.141. The molecular weight excluding hydrogens is 573 g/mol. The normalized spacial score (nSPS) is 19.3. The highest BCUT2D eigenvalue weighted by molar-refractivity contribution is 5.85. The molecule has 1 aromatic heterocycles. The van der Waals surface area contributed by atoms with Gasteiger partial charge >= 0.3 is 0 Å². The molecule has 2 fully saturated rings. The van der Waals surface area contributed by atoms with Gasteiger partial charge in [0.25, 0.3) is 0 Å². The standard InChI is InChI=1S/C35H42FN5O4/c1-43-30-20-25(21-31(44-2)32(30)45-3)23-41-19-15-35(33(41)42,22-24-8-10-26(36)11-9-24)14-18-40-16-12-27(13-17-40)37-34-38-28-6-4-5-7-29(28)39-34/h4-11,20-21,27H,12-19,22-23H2,1-3H3,(H2,37,38,39). The lowest BCUT2D eigenvalue weighted by Gasteiger charge is -2.35. The molecular formula is C35H42FN5O4. The van der Waals surface area contributed by atoms with Gasteiger partial charge in [-0.25, -0.2) is 9.37 Å². The third-order valence-corrected chi connectivity index (χ3v) is 9.38. The smallest absolute Gasteiger partial charge is 0.229 e. The third kappa shape index (κ3) is 6.71. The molecule has 45 heavy (non-hydrogen) atoms. The number of para-hydroxylation sites is 2. The Bertz CT molecular complexity index is 1560. The second kappa shape index (κ2) is 13.4. The van der Waals surface area contributed by atoms with Gasteiger partial charge < -0.3 is 34.3 Å². The Hall–Kier alpha value is -4.31. The van der Waals surface area contributed by atoms with Crippen molar-refractivity contribution in [3.63, 3.8) is 0 Å². The fourth-order valence-corrected chi connectivity index (χ4v) is 6.86. The van der Waals surface area contributed by atoms with Crippen LogP contribution in [0.3, 0.4) is 0 Å². The van der Waals surface area contributed by atoms with Gasteiger partial charge in [0.1, 0.15) is 5.82 Å². The molecule has 10 heteroatoms. The molecule has 1 amide bonds. The monoisotopic (exact) mass is 615 g/mol. The average molecular weight is 616 g/mol. The lowest BCUT2D eigenvalue weighted by molar-refractivity contribution is -0.137. The molecule has 0 radical (unpaired) electrons. The van der Waals surface area contributed by atoms with Crippen LogP contribution in [0, 0.1) is 11.2 Å². The first kappa shape index (κ1) is 30.7. The van der Waals surface area contributed by atoms with E-state index in [2.05, 4.69) is 20.2 Å². The fourth-order valence-electron chi connectivity index (χ4n) is 6.86. The van der Waals surface area contributed by atoms with Gasteiger partial charge in [-0.2, -0.15) is 0 Å². The van der Waals surface area contributed by atoms with Crippen molar-refractivity contribution in [1.82, 2.24) is 19.8 Å². The Morgan fingerprint density at radius 3 is 2.33 bits per heavy atom. The quantitative estimate of drug-likeness (QED) is 0.213. The highest BCUT2D eigenvalue weighted by Crippen LogP contribution is 2.42. The van der Waals surface area contributed by atoms with Crippen molar-refractivity contribution in [3.8, 4) is 17.2 Å². The molecule has 0 saturated carbocycles. The number of aromatic nitrogens is 2. The first-order valence-electron chi connectivity index (χ1n) is 15.7. The zero-order valence-corrected chi connectivity index (χ0v) is 26.3. The van der Waals surface area contributed by atoms with Gasteiger partial charge in [0, 0.05) is 32.2 Å². The number of aromatic amines is 1. The second-order valence-electron chi connectivity index (χ2n) is 12.2. The third-order valence-electron chi connectivity index (χ3n) is 9.38. The zero-order chi connectivity index (χ0) is 31.4. The fraction of sp³-hybridized carbons (Fsp3) is 0.429. The van der Waals surface area contributed by atoms with Crippen LogP contribution in [0.1, 0.15) is 36.8 Å². The summed E-state index contributed by atoms with van der Waals surface area (Å²) >= 11 is 0. The first-order valence-corrected chi connectivity index (χ1v) is 15.7. The lowest BCUT2D eigenvalue weighted by Crippen LogP contribution is -2.43. The van der Waals surface area contributed by atoms with E-state index in [0.717, 1.165) is 73.4 Å². The van der Waals surface area contributed by atoms with Crippen molar-refractivity contribution in [2.24, 2.45) is 5.41 Å². The Kier molecular flexibility index (Phi) is 9.11. The Morgan fingerprint density at radius 2 is 1.67 bits per heavy atom. The predicted octanol–water partition coefficient (Wildman–Crippen LogP) is 5.66. The van der Waals surface area contributed by atoms with Crippen molar-refractivity contribution in [3.05, 3.63) is 77.6 Å². The molecule has 0 aliphatic carbocycles. The summed E-state index contributed by atoms with van der Waals surface area (Å²) in [6.45, 7) is 3.84. The molecule has 3 aromatic carbocycles. The molecule has 1 unspecified atom stereocenters. The maximum absolute atomic E-state index is 14.3. The number of piperidine rings is 1. The average Bonchev–Trinajstić information content (AvgIpc) is 3.61.